The van der Waals surface area contributed by atoms with E-state index in [9.17, 15) is 5.11 Å². The Labute approximate surface area is 105 Å². The molecule has 1 heteroatoms. The Balaban J connectivity index is 1.80. The molecule has 94 valence electrons. The largest absolute Gasteiger partial charge is 0.388 e. The SMILES string of the molecule is CC(CCC1CCCC1)C(O)c1ccccc1. The number of aliphatic hydroxyl groups excluding tert-OH is 1. The minimum atomic E-state index is -0.294. The summed E-state index contributed by atoms with van der Waals surface area (Å²) in [4.78, 5) is 0. The Morgan fingerprint density at radius 2 is 1.82 bits per heavy atom. The van der Waals surface area contributed by atoms with E-state index in [2.05, 4.69) is 6.92 Å². The van der Waals surface area contributed by atoms with Gasteiger partial charge >= 0.3 is 0 Å². The third-order valence-corrected chi connectivity index (χ3v) is 4.19. The van der Waals surface area contributed by atoms with Crippen molar-refractivity contribution in [2.75, 3.05) is 0 Å². The molecule has 0 aromatic heterocycles. The van der Waals surface area contributed by atoms with Crippen LogP contribution < -0.4 is 0 Å². The lowest BCUT2D eigenvalue weighted by Crippen LogP contribution is -2.10. The standard InChI is InChI=1S/C16H24O/c1-13(11-12-14-7-5-6-8-14)16(17)15-9-3-2-4-10-15/h2-4,9-10,13-14,16-17H,5-8,11-12H2,1H3. The fraction of sp³-hybridized carbons (Fsp3) is 0.625. The summed E-state index contributed by atoms with van der Waals surface area (Å²) in [5, 5.41) is 10.3. The average Bonchev–Trinajstić information content (AvgIpc) is 2.89. The third kappa shape index (κ3) is 3.57. The Hall–Kier alpha value is -0.820. The van der Waals surface area contributed by atoms with Crippen LogP contribution in [0.2, 0.25) is 0 Å². The van der Waals surface area contributed by atoms with Gasteiger partial charge in [-0.05, 0) is 23.8 Å². The fourth-order valence-electron chi connectivity index (χ4n) is 2.93. The summed E-state index contributed by atoms with van der Waals surface area (Å²) in [6.45, 7) is 2.17. The molecule has 1 aromatic rings. The summed E-state index contributed by atoms with van der Waals surface area (Å²) >= 11 is 0. The molecule has 1 aliphatic rings. The van der Waals surface area contributed by atoms with E-state index >= 15 is 0 Å². The lowest BCUT2D eigenvalue weighted by Gasteiger charge is -2.20. The van der Waals surface area contributed by atoms with Gasteiger partial charge in [0.05, 0.1) is 6.10 Å². The van der Waals surface area contributed by atoms with E-state index in [-0.39, 0.29) is 6.10 Å². The molecule has 1 N–H and O–H groups in total. The van der Waals surface area contributed by atoms with E-state index in [0.717, 1.165) is 17.9 Å². The highest BCUT2D eigenvalue weighted by Gasteiger charge is 2.20. The molecule has 2 atom stereocenters. The van der Waals surface area contributed by atoms with Gasteiger partial charge in [0.15, 0.2) is 0 Å². The summed E-state index contributed by atoms with van der Waals surface area (Å²) in [6.07, 6.45) is 7.81. The van der Waals surface area contributed by atoms with Gasteiger partial charge in [-0.25, -0.2) is 0 Å². The maximum absolute atomic E-state index is 10.3. The third-order valence-electron chi connectivity index (χ3n) is 4.19. The molecular weight excluding hydrogens is 208 g/mol. The lowest BCUT2D eigenvalue weighted by molar-refractivity contribution is 0.108. The van der Waals surface area contributed by atoms with E-state index in [4.69, 9.17) is 0 Å². The van der Waals surface area contributed by atoms with Gasteiger partial charge in [-0.15, -0.1) is 0 Å². The molecule has 0 bridgehead atoms. The van der Waals surface area contributed by atoms with Crippen molar-refractivity contribution in [2.24, 2.45) is 11.8 Å². The molecule has 0 radical (unpaired) electrons. The van der Waals surface area contributed by atoms with Crippen molar-refractivity contribution in [1.29, 1.82) is 0 Å². The molecule has 0 heterocycles. The first kappa shape index (κ1) is 12.6. The topological polar surface area (TPSA) is 20.2 Å². The fourth-order valence-corrected chi connectivity index (χ4v) is 2.93. The van der Waals surface area contributed by atoms with E-state index in [1.807, 2.05) is 30.3 Å². The predicted molar refractivity (Wildman–Crippen MR) is 71.8 cm³/mol. The van der Waals surface area contributed by atoms with Crippen LogP contribution >= 0.6 is 0 Å². The maximum atomic E-state index is 10.3. The minimum absolute atomic E-state index is 0.294. The lowest BCUT2D eigenvalue weighted by atomic mass is 9.89. The van der Waals surface area contributed by atoms with Gasteiger partial charge in [0.1, 0.15) is 0 Å². The average molecular weight is 232 g/mol. The van der Waals surface area contributed by atoms with E-state index < -0.39 is 0 Å². The Morgan fingerprint density at radius 3 is 2.47 bits per heavy atom. The van der Waals surface area contributed by atoms with Gasteiger partial charge < -0.3 is 5.11 Å². The summed E-state index contributed by atoms with van der Waals surface area (Å²) < 4.78 is 0. The summed E-state index contributed by atoms with van der Waals surface area (Å²) in [6, 6.07) is 10.1. The number of hydrogen-bond acceptors (Lipinski definition) is 1. The van der Waals surface area contributed by atoms with Gasteiger partial charge in [-0.3, -0.25) is 0 Å². The van der Waals surface area contributed by atoms with Crippen LogP contribution in [-0.4, -0.2) is 5.11 Å². The number of rotatable bonds is 5. The molecule has 1 fully saturated rings. The first-order chi connectivity index (χ1) is 8.27. The van der Waals surface area contributed by atoms with Crippen LogP contribution in [0.4, 0.5) is 0 Å². The normalized spacial score (nSPS) is 20.4. The van der Waals surface area contributed by atoms with Gasteiger partial charge in [-0.2, -0.15) is 0 Å². The second-order valence-corrected chi connectivity index (χ2v) is 5.56. The van der Waals surface area contributed by atoms with Gasteiger partial charge in [0.2, 0.25) is 0 Å². The minimum Gasteiger partial charge on any atom is -0.388 e. The van der Waals surface area contributed by atoms with Gasteiger partial charge in [-0.1, -0.05) is 69.4 Å². The molecule has 0 aliphatic heterocycles. The van der Waals surface area contributed by atoms with E-state index in [1.165, 1.54) is 32.1 Å². The highest BCUT2D eigenvalue weighted by molar-refractivity contribution is 5.17. The van der Waals surface area contributed by atoms with E-state index in [0.29, 0.717) is 5.92 Å². The van der Waals surface area contributed by atoms with Crippen LogP contribution in [0.5, 0.6) is 0 Å². The van der Waals surface area contributed by atoms with Crippen LogP contribution in [-0.2, 0) is 0 Å². The Bertz CT molecular complexity index is 314. The van der Waals surface area contributed by atoms with Crippen molar-refractivity contribution in [3.8, 4) is 0 Å². The highest BCUT2D eigenvalue weighted by atomic mass is 16.3. The van der Waals surface area contributed by atoms with Gasteiger partial charge in [0, 0.05) is 0 Å². The molecule has 1 nitrogen and oxygen atoms in total. The molecule has 0 amide bonds. The number of aliphatic hydroxyl groups is 1. The molecule has 0 spiro atoms. The zero-order valence-electron chi connectivity index (χ0n) is 10.8. The van der Waals surface area contributed by atoms with Crippen molar-refractivity contribution in [2.45, 2.75) is 51.6 Å². The van der Waals surface area contributed by atoms with Crippen LogP contribution in [0.25, 0.3) is 0 Å². The second kappa shape index (κ2) is 6.20. The maximum Gasteiger partial charge on any atom is 0.0815 e. The Morgan fingerprint density at radius 1 is 1.18 bits per heavy atom. The van der Waals surface area contributed by atoms with Crippen LogP contribution in [0.1, 0.15) is 57.1 Å². The Kier molecular flexibility index (Phi) is 4.61. The van der Waals surface area contributed by atoms with Crippen LogP contribution in [0, 0.1) is 11.8 Å². The monoisotopic (exact) mass is 232 g/mol. The second-order valence-electron chi connectivity index (χ2n) is 5.56. The predicted octanol–water partition coefficient (Wildman–Crippen LogP) is 4.33. The van der Waals surface area contributed by atoms with Gasteiger partial charge in [0.25, 0.3) is 0 Å². The molecule has 1 saturated carbocycles. The zero-order valence-corrected chi connectivity index (χ0v) is 10.8. The molecule has 0 saturated heterocycles. The van der Waals surface area contributed by atoms with Crippen molar-refractivity contribution in [3.05, 3.63) is 35.9 Å². The molecule has 1 aromatic carbocycles. The summed E-state index contributed by atoms with van der Waals surface area (Å²) in [5.41, 5.74) is 1.06. The van der Waals surface area contributed by atoms with Crippen molar-refractivity contribution >= 4 is 0 Å². The zero-order chi connectivity index (χ0) is 12.1. The molecule has 1 aliphatic carbocycles. The first-order valence-corrected chi connectivity index (χ1v) is 7.00. The quantitative estimate of drug-likeness (QED) is 0.801. The van der Waals surface area contributed by atoms with Crippen molar-refractivity contribution < 1.29 is 5.11 Å². The smallest absolute Gasteiger partial charge is 0.0815 e. The molecule has 2 unspecified atom stereocenters. The van der Waals surface area contributed by atoms with Crippen LogP contribution in [0.3, 0.4) is 0 Å². The van der Waals surface area contributed by atoms with Crippen molar-refractivity contribution in [3.63, 3.8) is 0 Å². The summed E-state index contributed by atoms with van der Waals surface area (Å²) in [5.74, 6) is 1.30. The van der Waals surface area contributed by atoms with Crippen LogP contribution in [0.15, 0.2) is 30.3 Å². The van der Waals surface area contributed by atoms with E-state index in [1.54, 1.807) is 0 Å². The first-order valence-electron chi connectivity index (χ1n) is 7.00. The number of benzene rings is 1. The summed E-state index contributed by atoms with van der Waals surface area (Å²) in [7, 11) is 0. The molecule has 2 rings (SSSR count). The van der Waals surface area contributed by atoms with Crippen molar-refractivity contribution in [1.82, 2.24) is 0 Å². The molecule has 17 heavy (non-hydrogen) atoms. The highest BCUT2D eigenvalue weighted by Crippen LogP contribution is 2.32. The molecular formula is C16H24O. The number of hydrogen-bond donors (Lipinski definition) is 1.